The quantitative estimate of drug-likeness (QED) is 0.819. The number of carbonyl (C=O) groups excluding carboxylic acids is 1. The minimum atomic E-state index is -0.0360. The summed E-state index contributed by atoms with van der Waals surface area (Å²) in [4.78, 5) is 13.6. The first-order valence-corrected chi connectivity index (χ1v) is 9.33. The van der Waals surface area contributed by atoms with Crippen molar-refractivity contribution in [2.75, 3.05) is 6.26 Å². The van der Waals surface area contributed by atoms with E-state index in [1.165, 1.54) is 25.7 Å². The Morgan fingerprint density at radius 3 is 2.81 bits per heavy atom. The molecule has 114 valence electrons. The molecule has 2 aliphatic carbocycles. The molecule has 2 bridgehead atoms. The summed E-state index contributed by atoms with van der Waals surface area (Å²) in [5, 5.41) is 3.72. The van der Waals surface area contributed by atoms with Gasteiger partial charge in [-0.3, -0.25) is 4.79 Å². The highest BCUT2D eigenvalue weighted by Crippen LogP contribution is 2.49. The second kappa shape index (κ2) is 6.21. The molecule has 0 spiro atoms. The molecule has 0 heterocycles. The van der Waals surface area contributed by atoms with Gasteiger partial charge in [-0.1, -0.05) is 18.0 Å². The van der Waals surface area contributed by atoms with Gasteiger partial charge in [-0.15, -0.1) is 11.8 Å². The molecule has 0 aliphatic heterocycles. The smallest absolute Gasteiger partial charge is 0.253 e. The normalized spacial score (nSPS) is 28.6. The maximum absolute atomic E-state index is 12.5. The van der Waals surface area contributed by atoms with Crippen molar-refractivity contribution < 1.29 is 4.79 Å². The van der Waals surface area contributed by atoms with Crippen LogP contribution in [-0.2, 0) is 0 Å². The van der Waals surface area contributed by atoms with Crippen LogP contribution in [0.25, 0.3) is 0 Å². The van der Waals surface area contributed by atoms with Gasteiger partial charge in [0.05, 0.1) is 10.6 Å². The molecule has 1 aromatic rings. The Kier molecular flexibility index (Phi) is 4.51. The lowest BCUT2D eigenvalue weighted by Gasteiger charge is -2.28. The van der Waals surface area contributed by atoms with Gasteiger partial charge in [0.15, 0.2) is 0 Å². The first kappa shape index (κ1) is 15.2. The van der Waals surface area contributed by atoms with Crippen LogP contribution in [0.5, 0.6) is 0 Å². The third-order valence-corrected chi connectivity index (χ3v) is 6.27. The number of fused-ring (bicyclic) bond motifs is 2. The zero-order valence-corrected chi connectivity index (χ0v) is 14.1. The summed E-state index contributed by atoms with van der Waals surface area (Å²) in [5.41, 5.74) is 0.596. The van der Waals surface area contributed by atoms with Crippen LogP contribution in [0.4, 0.5) is 0 Å². The number of rotatable bonds is 4. The van der Waals surface area contributed by atoms with Gasteiger partial charge in [0, 0.05) is 10.9 Å². The molecular weight excluding hydrogens is 302 g/mol. The van der Waals surface area contributed by atoms with Gasteiger partial charge in [0.1, 0.15) is 0 Å². The van der Waals surface area contributed by atoms with Gasteiger partial charge in [-0.25, -0.2) is 0 Å². The van der Waals surface area contributed by atoms with Crippen LogP contribution in [0.1, 0.15) is 43.0 Å². The van der Waals surface area contributed by atoms with Crippen molar-refractivity contribution >= 4 is 29.3 Å². The molecule has 0 radical (unpaired) electrons. The van der Waals surface area contributed by atoms with Crippen LogP contribution in [0, 0.1) is 17.8 Å². The van der Waals surface area contributed by atoms with Gasteiger partial charge < -0.3 is 5.32 Å². The van der Waals surface area contributed by atoms with Crippen molar-refractivity contribution in [1.82, 2.24) is 5.32 Å². The summed E-state index contributed by atoms with van der Waals surface area (Å²) in [6.07, 6.45) is 7.39. The maximum atomic E-state index is 12.5. The molecular formula is C17H22ClNOS. The first-order valence-electron chi connectivity index (χ1n) is 7.73. The second-order valence-electron chi connectivity index (χ2n) is 6.45. The van der Waals surface area contributed by atoms with Gasteiger partial charge >= 0.3 is 0 Å². The van der Waals surface area contributed by atoms with Gasteiger partial charge in [0.2, 0.25) is 0 Å². The minimum Gasteiger partial charge on any atom is -0.349 e. The number of hydrogen-bond donors (Lipinski definition) is 1. The Bertz CT molecular complexity index is 548. The number of amides is 1. The van der Waals surface area contributed by atoms with E-state index < -0.39 is 0 Å². The second-order valence-corrected chi connectivity index (χ2v) is 7.73. The Morgan fingerprint density at radius 1 is 1.38 bits per heavy atom. The predicted molar refractivity (Wildman–Crippen MR) is 89.1 cm³/mol. The van der Waals surface area contributed by atoms with Crippen molar-refractivity contribution in [3.63, 3.8) is 0 Å². The Hall–Kier alpha value is -0.670. The van der Waals surface area contributed by atoms with Crippen LogP contribution >= 0.6 is 23.4 Å². The fourth-order valence-electron chi connectivity index (χ4n) is 4.10. The zero-order chi connectivity index (χ0) is 15.0. The molecule has 1 aromatic carbocycles. The number of hydrogen-bond acceptors (Lipinski definition) is 2. The zero-order valence-electron chi connectivity index (χ0n) is 12.6. The average molecular weight is 324 g/mol. The van der Waals surface area contributed by atoms with Crippen LogP contribution < -0.4 is 5.32 Å². The molecule has 3 rings (SSSR count). The van der Waals surface area contributed by atoms with Crippen LogP contribution in [0.2, 0.25) is 5.02 Å². The van der Waals surface area contributed by atoms with E-state index in [0.29, 0.717) is 16.5 Å². The van der Waals surface area contributed by atoms with Gasteiger partial charge in [0.25, 0.3) is 5.91 Å². The number of benzene rings is 1. The van der Waals surface area contributed by atoms with E-state index in [1.54, 1.807) is 11.8 Å². The van der Waals surface area contributed by atoms with Crippen molar-refractivity contribution in [1.29, 1.82) is 0 Å². The van der Waals surface area contributed by atoms with Gasteiger partial charge in [-0.05, 0) is 68.4 Å². The number of carbonyl (C=O) groups is 1. The Labute approximate surface area is 136 Å². The van der Waals surface area contributed by atoms with E-state index in [2.05, 4.69) is 12.2 Å². The molecule has 1 N–H and O–H groups in total. The Morgan fingerprint density at radius 2 is 2.19 bits per heavy atom. The topological polar surface area (TPSA) is 29.1 Å². The molecule has 0 aromatic heterocycles. The van der Waals surface area contributed by atoms with E-state index >= 15 is 0 Å². The summed E-state index contributed by atoms with van der Waals surface area (Å²) in [5.74, 6) is 2.34. The lowest BCUT2D eigenvalue weighted by atomic mass is 9.84. The molecule has 4 heteroatoms. The molecule has 0 unspecified atom stereocenters. The predicted octanol–water partition coefficient (Wildman–Crippen LogP) is 4.62. The largest absolute Gasteiger partial charge is 0.349 e. The summed E-state index contributed by atoms with van der Waals surface area (Å²) in [6, 6.07) is 5.88. The third kappa shape index (κ3) is 3.09. The number of halogens is 1. The standard InChI is InChI=1S/C17H22ClNOS/c1-10(14-8-11-3-4-12(14)7-11)19-17(20)15-9-13(21-2)5-6-16(15)18/h5-6,9-12,14H,3-4,7-8H2,1-2H3,(H,19,20)/t10-,11-,12-,14-/m0/s1. The maximum Gasteiger partial charge on any atom is 0.253 e. The third-order valence-electron chi connectivity index (χ3n) is 5.21. The van der Waals surface area contributed by atoms with Crippen molar-refractivity contribution in [2.24, 2.45) is 17.8 Å². The number of nitrogens with one attached hydrogen (secondary N) is 1. The Balaban J connectivity index is 1.68. The fraction of sp³-hybridized carbons (Fsp3) is 0.588. The van der Waals surface area contributed by atoms with Crippen LogP contribution in [0.3, 0.4) is 0 Å². The molecule has 21 heavy (non-hydrogen) atoms. The highest BCUT2D eigenvalue weighted by Gasteiger charge is 2.42. The van der Waals surface area contributed by atoms with E-state index in [4.69, 9.17) is 11.6 Å². The first-order chi connectivity index (χ1) is 10.1. The highest BCUT2D eigenvalue weighted by atomic mass is 35.5. The van der Waals surface area contributed by atoms with Crippen molar-refractivity contribution in [3.05, 3.63) is 28.8 Å². The fourth-order valence-corrected chi connectivity index (χ4v) is 4.75. The summed E-state index contributed by atoms with van der Waals surface area (Å²) in [6.45, 7) is 2.15. The SMILES string of the molecule is CSc1ccc(Cl)c(C(=O)N[C@@H](C)[C@@H]2C[C@H]3CC[C@H]2C3)c1. The summed E-state index contributed by atoms with van der Waals surface area (Å²) < 4.78 is 0. The molecule has 1 amide bonds. The molecule has 4 atom stereocenters. The molecule has 2 saturated carbocycles. The van der Waals surface area contributed by atoms with E-state index in [-0.39, 0.29) is 11.9 Å². The van der Waals surface area contributed by atoms with E-state index in [1.807, 2.05) is 24.5 Å². The number of thioether (sulfide) groups is 1. The van der Waals surface area contributed by atoms with Crippen LogP contribution in [-0.4, -0.2) is 18.2 Å². The molecule has 2 fully saturated rings. The lowest BCUT2D eigenvalue weighted by Crippen LogP contribution is -2.40. The minimum absolute atomic E-state index is 0.0360. The summed E-state index contributed by atoms with van der Waals surface area (Å²) >= 11 is 7.81. The average Bonchev–Trinajstić information content (AvgIpc) is 3.10. The van der Waals surface area contributed by atoms with E-state index in [9.17, 15) is 4.79 Å². The van der Waals surface area contributed by atoms with Crippen molar-refractivity contribution in [2.45, 2.75) is 43.5 Å². The van der Waals surface area contributed by atoms with Crippen LogP contribution in [0.15, 0.2) is 23.1 Å². The molecule has 0 saturated heterocycles. The highest BCUT2D eigenvalue weighted by molar-refractivity contribution is 7.98. The van der Waals surface area contributed by atoms with E-state index in [0.717, 1.165) is 16.7 Å². The van der Waals surface area contributed by atoms with Crippen molar-refractivity contribution in [3.8, 4) is 0 Å². The molecule has 2 nitrogen and oxygen atoms in total. The monoisotopic (exact) mass is 323 g/mol. The molecule has 2 aliphatic rings. The van der Waals surface area contributed by atoms with Gasteiger partial charge in [-0.2, -0.15) is 0 Å². The summed E-state index contributed by atoms with van der Waals surface area (Å²) in [7, 11) is 0. The lowest BCUT2D eigenvalue weighted by molar-refractivity contribution is 0.0915.